The molecule has 0 spiro atoms. The number of hydrogen-bond acceptors (Lipinski definition) is 5. The third-order valence-corrected chi connectivity index (χ3v) is 2.17. The number of halogens is 1. The van der Waals surface area contributed by atoms with Gasteiger partial charge in [0, 0.05) is 0 Å². The van der Waals surface area contributed by atoms with Crippen LogP contribution in [-0.4, -0.2) is 10.1 Å². The van der Waals surface area contributed by atoms with Crippen LogP contribution in [-0.2, 0) is 6.61 Å². The van der Waals surface area contributed by atoms with Crippen molar-refractivity contribution < 1.29 is 9.26 Å². The van der Waals surface area contributed by atoms with Crippen molar-refractivity contribution in [2.24, 2.45) is 0 Å². The van der Waals surface area contributed by atoms with Crippen molar-refractivity contribution in [3.63, 3.8) is 0 Å². The van der Waals surface area contributed by atoms with Crippen LogP contribution in [0, 0.1) is 11.3 Å². The van der Waals surface area contributed by atoms with Gasteiger partial charge in [-0.2, -0.15) is 10.2 Å². The Balaban J connectivity index is 2.16. The van der Waals surface area contributed by atoms with E-state index in [0.717, 1.165) is 0 Å². The molecule has 1 aromatic carbocycles. The third kappa shape index (κ3) is 2.12. The average Bonchev–Trinajstić information content (AvgIpc) is 2.79. The molecule has 0 radical (unpaired) electrons. The lowest BCUT2D eigenvalue weighted by Gasteiger charge is -2.05. The zero-order chi connectivity index (χ0) is 11.4. The lowest BCUT2D eigenvalue weighted by atomic mass is 10.2. The smallest absolute Gasteiger partial charge is 0.213 e. The van der Waals surface area contributed by atoms with Gasteiger partial charge in [-0.1, -0.05) is 22.8 Å². The van der Waals surface area contributed by atoms with Gasteiger partial charge < -0.3 is 9.26 Å². The number of ether oxygens (including phenoxy) is 1. The first-order chi connectivity index (χ1) is 7.81. The highest BCUT2D eigenvalue weighted by molar-refractivity contribution is 6.31. The molecule has 0 saturated heterocycles. The number of nitrogens with zero attached hydrogens (tertiary/aromatic N) is 3. The first-order valence-electron chi connectivity index (χ1n) is 4.38. The van der Waals surface area contributed by atoms with Crippen LogP contribution >= 0.6 is 11.6 Å². The van der Waals surface area contributed by atoms with Gasteiger partial charge in [0.05, 0.1) is 5.02 Å². The topological polar surface area (TPSA) is 71.9 Å². The molecule has 0 saturated carbocycles. The largest absolute Gasteiger partial charge is 0.484 e. The van der Waals surface area contributed by atoms with Crippen LogP contribution in [0.1, 0.15) is 11.4 Å². The van der Waals surface area contributed by atoms with E-state index in [1.807, 2.05) is 6.07 Å². The maximum atomic E-state index is 8.89. The molecular formula is C10H6ClN3O2. The molecule has 0 atom stereocenters. The minimum absolute atomic E-state index is 0.130. The van der Waals surface area contributed by atoms with Crippen LogP contribution in [0.15, 0.2) is 29.1 Å². The minimum Gasteiger partial charge on any atom is -0.484 e. The molecule has 0 fully saturated rings. The molecule has 0 unspecified atom stereocenters. The highest BCUT2D eigenvalue weighted by Gasteiger charge is 2.08. The highest BCUT2D eigenvalue weighted by Crippen LogP contribution is 2.25. The summed E-state index contributed by atoms with van der Waals surface area (Å²) in [6, 6.07) is 6.96. The van der Waals surface area contributed by atoms with Gasteiger partial charge in [-0.05, 0) is 12.1 Å². The molecule has 0 bridgehead atoms. The molecule has 16 heavy (non-hydrogen) atoms. The van der Waals surface area contributed by atoms with Crippen molar-refractivity contribution in [3.8, 4) is 11.8 Å². The number of rotatable bonds is 3. The predicted molar refractivity (Wildman–Crippen MR) is 54.8 cm³/mol. The maximum Gasteiger partial charge on any atom is 0.213 e. The van der Waals surface area contributed by atoms with Gasteiger partial charge in [-0.3, -0.25) is 0 Å². The molecule has 2 rings (SSSR count). The Morgan fingerprint density at radius 2 is 2.38 bits per heavy atom. The molecule has 0 amide bonds. The van der Waals surface area contributed by atoms with Gasteiger partial charge in [0.15, 0.2) is 6.61 Å². The SMILES string of the molecule is N#Cc1c(Cl)cccc1OCc1ncon1. The highest BCUT2D eigenvalue weighted by atomic mass is 35.5. The lowest BCUT2D eigenvalue weighted by Crippen LogP contribution is -1.99. The van der Waals surface area contributed by atoms with Crippen molar-refractivity contribution in [2.75, 3.05) is 0 Å². The van der Waals surface area contributed by atoms with Crippen LogP contribution in [0.25, 0.3) is 0 Å². The van der Waals surface area contributed by atoms with Crippen molar-refractivity contribution in [2.45, 2.75) is 6.61 Å². The van der Waals surface area contributed by atoms with E-state index in [1.165, 1.54) is 6.39 Å². The number of hydrogen-bond donors (Lipinski definition) is 0. The molecule has 5 nitrogen and oxygen atoms in total. The molecule has 1 heterocycles. The fraction of sp³-hybridized carbons (Fsp3) is 0.100. The van der Waals surface area contributed by atoms with Crippen LogP contribution in [0.3, 0.4) is 0 Å². The molecule has 6 heteroatoms. The van der Waals surface area contributed by atoms with E-state index < -0.39 is 0 Å². The summed E-state index contributed by atoms with van der Waals surface area (Å²) in [5, 5.41) is 12.8. The second kappa shape index (κ2) is 4.64. The van der Waals surface area contributed by atoms with E-state index in [0.29, 0.717) is 22.2 Å². The van der Waals surface area contributed by atoms with Crippen LogP contribution in [0.5, 0.6) is 5.75 Å². The van der Waals surface area contributed by atoms with Gasteiger partial charge in [0.25, 0.3) is 0 Å². The Kier molecular flexibility index (Phi) is 3.03. The van der Waals surface area contributed by atoms with E-state index in [-0.39, 0.29) is 6.61 Å². The molecule has 80 valence electrons. The first-order valence-corrected chi connectivity index (χ1v) is 4.75. The van der Waals surface area contributed by atoms with Crippen LogP contribution in [0.2, 0.25) is 5.02 Å². The Hall–Kier alpha value is -2.06. The normalized spacial score (nSPS) is 9.75. The number of nitriles is 1. The summed E-state index contributed by atoms with van der Waals surface area (Å²) >= 11 is 5.84. The van der Waals surface area contributed by atoms with Gasteiger partial charge in [-0.15, -0.1) is 0 Å². The van der Waals surface area contributed by atoms with Crippen molar-refractivity contribution in [1.82, 2.24) is 10.1 Å². The van der Waals surface area contributed by atoms with Crippen LogP contribution in [0.4, 0.5) is 0 Å². The van der Waals surface area contributed by atoms with E-state index >= 15 is 0 Å². The Bertz CT molecular complexity index is 519. The summed E-state index contributed by atoms with van der Waals surface area (Å²) in [6.07, 6.45) is 1.21. The van der Waals surface area contributed by atoms with Gasteiger partial charge in [0.2, 0.25) is 12.2 Å². The zero-order valence-electron chi connectivity index (χ0n) is 8.05. The molecule has 2 aromatic rings. The molecular weight excluding hydrogens is 230 g/mol. The standard InChI is InChI=1S/C10H6ClN3O2/c11-8-2-1-3-9(7(8)4-12)15-5-10-13-6-16-14-10/h1-3,6H,5H2. The first kappa shape index (κ1) is 10.5. The summed E-state index contributed by atoms with van der Waals surface area (Å²) in [5.41, 5.74) is 0.299. The minimum atomic E-state index is 0.130. The summed E-state index contributed by atoms with van der Waals surface area (Å²) in [7, 11) is 0. The van der Waals surface area contributed by atoms with Gasteiger partial charge in [0.1, 0.15) is 17.4 Å². The van der Waals surface area contributed by atoms with Crippen molar-refractivity contribution >= 4 is 11.6 Å². The summed E-state index contributed by atoms with van der Waals surface area (Å²) in [4.78, 5) is 3.79. The second-order valence-electron chi connectivity index (χ2n) is 2.86. The van der Waals surface area contributed by atoms with Crippen molar-refractivity contribution in [3.05, 3.63) is 41.0 Å². The molecule has 0 N–H and O–H groups in total. The summed E-state index contributed by atoms with van der Waals surface area (Å²) in [5.74, 6) is 0.809. The Morgan fingerprint density at radius 1 is 1.50 bits per heavy atom. The molecule has 0 aliphatic rings. The monoisotopic (exact) mass is 235 g/mol. The third-order valence-electron chi connectivity index (χ3n) is 1.85. The predicted octanol–water partition coefficient (Wildman–Crippen LogP) is 2.17. The van der Waals surface area contributed by atoms with E-state index in [2.05, 4.69) is 14.7 Å². The lowest BCUT2D eigenvalue weighted by molar-refractivity contribution is 0.286. The van der Waals surface area contributed by atoms with E-state index in [4.69, 9.17) is 21.6 Å². The summed E-state index contributed by atoms with van der Waals surface area (Å²) in [6.45, 7) is 0.130. The molecule has 1 aromatic heterocycles. The van der Waals surface area contributed by atoms with Gasteiger partial charge >= 0.3 is 0 Å². The fourth-order valence-electron chi connectivity index (χ4n) is 1.13. The number of aromatic nitrogens is 2. The Morgan fingerprint density at radius 3 is 3.06 bits per heavy atom. The van der Waals surface area contributed by atoms with Crippen LogP contribution < -0.4 is 4.74 Å². The maximum absolute atomic E-state index is 8.89. The quantitative estimate of drug-likeness (QED) is 0.815. The zero-order valence-corrected chi connectivity index (χ0v) is 8.81. The second-order valence-corrected chi connectivity index (χ2v) is 3.27. The van der Waals surface area contributed by atoms with Crippen molar-refractivity contribution in [1.29, 1.82) is 5.26 Å². The van der Waals surface area contributed by atoms with E-state index in [1.54, 1.807) is 18.2 Å². The average molecular weight is 236 g/mol. The number of benzene rings is 1. The van der Waals surface area contributed by atoms with Gasteiger partial charge in [-0.25, -0.2) is 0 Å². The molecule has 0 aliphatic carbocycles. The molecule has 0 aliphatic heterocycles. The fourth-order valence-corrected chi connectivity index (χ4v) is 1.34. The summed E-state index contributed by atoms with van der Waals surface area (Å²) < 4.78 is 9.91. The van der Waals surface area contributed by atoms with E-state index in [9.17, 15) is 0 Å². The Labute approximate surface area is 96.2 Å².